The van der Waals surface area contributed by atoms with Crippen molar-refractivity contribution in [3.63, 3.8) is 0 Å². The molecule has 0 saturated carbocycles. The summed E-state index contributed by atoms with van der Waals surface area (Å²) in [5.74, 6) is 0.246. The number of aromatic amines is 1. The second-order valence-corrected chi connectivity index (χ2v) is 4.42. The maximum absolute atomic E-state index is 12.1. The van der Waals surface area contributed by atoms with Crippen molar-refractivity contribution in [2.24, 2.45) is 7.05 Å². The standard InChI is InChI=1S/C12H10N6O4/c1-17-9-8(5-14-17)15-10(16-11(9)19)7-3-6(18(20)21)4-13-12(7)22-2/h3-5H,1-2H3,(H,15,16,19). The summed E-state index contributed by atoms with van der Waals surface area (Å²) in [6.07, 6.45) is 2.51. The van der Waals surface area contributed by atoms with Crippen LogP contribution in [0.4, 0.5) is 5.69 Å². The van der Waals surface area contributed by atoms with Crippen molar-refractivity contribution in [2.75, 3.05) is 7.11 Å². The monoisotopic (exact) mass is 302 g/mol. The van der Waals surface area contributed by atoms with Gasteiger partial charge in [0.15, 0.2) is 5.52 Å². The van der Waals surface area contributed by atoms with Gasteiger partial charge in [-0.1, -0.05) is 0 Å². The van der Waals surface area contributed by atoms with E-state index in [1.807, 2.05) is 0 Å². The zero-order valence-corrected chi connectivity index (χ0v) is 11.6. The summed E-state index contributed by atoms with van der Waals surface area (Å²) in [6, 6.07) is 1.24. The Balaban J connectivity index is 2.28. The molecule has 1 N–H and O–H groups in total. The molecule has 22 heavy (non-hydrogen) atoms. The van der Waals surface area contributed by atoms with Crippen LogP contribution in [-0.2, 0) is 7.05 Å². The molecule has 0 aliphatic carbocycles. The van der Waals surface area contributed by atoms with Crippen molar-refractivity contribution >= 4 is 16.7 Å². The number of hydrogen-bond donors (Lipinski definition) is 1. The molecule has 0 aliphatic rings. The van der Waals surface area contributed by atoms with Crippen LogP contribution in [0.2, 0.25) is 0 Å². The molecular formula is C12H10N6O4. The molecule has 0 spiro atoms. The van der Waals surface area contributed by atoms with Gasteiger partial charge in [-0.05, 0) is 0 Å². The molecule has 3 aromatic rings. The van der Waals surface area contributed by atoms with E-state index < -0.39 is 10.5 Å². The fourth-order valence-electron chi connectivity index (χ4n) is 2.09. The molecule has 0 atom stereocenters. The lowest BCUT2D eigenvalue weighted by atomic mass is 10.2. The summed E-state index contributed by atoms with van der Waals surface area (Å²) in [4.78, 5) is 33.1. The third-order valence-electron chi connectivity index (χ3n) is 3.09. The predicted octanol–water partition coefficient (Wildman–Crippen LogP) is 0.635. The van der Waals surface area contributed by atoms with Crippen molar-refractivity contribution in [3.05, 3.63) is 38.9 Å². The van der Waals surface area contributed by atoms with Crippen LogP contribution >= 0.6 is 0 Å². The third kappa shape index (κ3) is 2.06. The van der Waals surface area contributed by atoms with Crippen LogP contribution in [0.3, 0.4) is 0 Å². The van der Waals surface area contributed by atoms with Crippen molar-refractivity contribution in [3.8, 4) is 17.3 Å². The van der Waals surface area contributed by atoms with E-state index in [1.165, 1.54) is 24.1 Å². The quantitative estimate of drug-likeness (QED) is 0.555. The fourth-order valence-corrected chi connectivity index (χ4v) is 2.09. The van der Waals surface area contributed by atoms with Gasteiger partial charge in [0.1, 0.15) is 17.5 Å². The molecule has 0 unspecified atom stereocenters. The largest absolute Gasteiger partial charge is 0.480 e. The molecule has 112 valence electrons. The highest BCUT2D eigenvalue weighted by Gasteiger charge is 2.18. The molecule has 0 aromatic carbocycles. The molecular weight excluding hydrogens is 292 g/mol. The lowest BCUT2D eigenvalue weighted by molar-refractivity contribution is -0.385. The smallest absolute Gasteiger partial charge is 0.288 e. The molecule has 0 aliphatic heterocycles. The number of nitrogens with zero attached hydrogens (tertiary/aromatic N) is 5. The van der Waals surface area contributed by atoms with Crippen LogP contribution in [0, 0.1) is 10.1 Å². The second-order valence-electron chi connectivity index (χ2n) is 4.42. The molecule has 3 heterocycles. The number of hydrogen-bond acceptors (Lipinski definition) is 7. The summed E-state index contributed by atoms with van der Waals surface area (Å²) >= 11 is 0. The van der Waals surface area contributed by atoms with E-state index in [0.29, 0.717) is 11.0 Å². The average Bonchev–Trinajstić information content (AvgIpc) is 2.88. The van der Waals surface area contributed by atoms with Crippen LogP contribution < -0.4 is 10.3 Å². The Morgan fingerprint density at radius 1 is 1.41 bits per heavy atom. The van der Waals surface area contributed by atoms with E-state index in [4.69, 9.17) is 4.74 Å². The topological polar surface area (TPSA) is 129 Å². The summed E-state index contributed by atoms with van der Waals surface area (Å²) < 4.78 is 6.47. The van der Waals surface area contributed by atoms with Gasteiger partial charge in [0, 0.05) is 13.1 Å². The lowest BCUT2D eigenvalue weighted by Gasteiger charge is -2.06. The zero-order valence-electron chi connectivity index (χ0n) is 11.6. The number of H-pyrrole nitrogens is 1. The highest BCUT2D eigenvalue weighted by Crippen LogP contribution is 2.28. The highest BCUT2D eigenvalue weighted by atomic mass is 16.6. The van der Waals surface area contributed by atoms with Gasteiger partial charge in [0.25, 0.3) is 11.2 Å². The highest BCUT2D eigenvalue weighted by molar-refractivity contribution is 5.76. The number of rotatable bonds is 3. The molecule has 10 heteroatoms. The minimum Gasteiger partial charge on any atom is -0.480 e. The van der Waals surface area contributed by atoms with Crippen molar-refractivity contribution in [1.29, 1.82) is 0 Å². The number of fused-ring (bicyclic) bond motifs is 1. The maximum atomic E-state index is 12.1. The Morgan fingerprint density at radius 2 is 2.18 bits per heavy atom. The van der Waals surface area contributed by atoms with E-state index in [-0.39, 0.29) is 23.0 Å². The van der Waals surface area contributed by atoms with Crippen LogP contribution in [0.1, 0.15) is 0 Å². The van der Waals surface area contributed by atoms with Crippen molar-refractivity contribution in [1.82, 2.24) is 24.7 Å². The Labute approximate surface area is 122 Å². The molecule has 3 aromatic heterocycles. The maximum Gasteiger partial charge on any atom is 0.288 e. The first-order valence-corrected chi connectivity index (χ1v) is 6.12. The number of aryl methyl sites for hydroxylation is 1. The second kappa shape index (κ2) is 4.91. The molecule has 3 rings (SSSR count). The van der Waals surface area contributed by atoms with Crippen molar-refractivity contribution in [2.45, 2.75) is 0 Å². The van der Waals surface area contributed by atoms with Gasteiger partial charge in [-0.15, -0.1) is 0 Å². The molecule has 0 bridgehead atoms. The van der Waals surface area contributed by atoms with Crippen molar-refractivity contribution < 1.29 is 9.66 Å². The Kier molecular flexibility index (Phi) is 3.05. The first-order valence-electron chi connectivity index (χ1n) is 6.12. The van der Waals surface area contributed by atoms with E-state index in [9.17, 15) is 14.9 Å². The van der Waals surface area contributed by atoms with Crippen LogP contribution in [-0.4, -0.2) is 36.8 Å². The Morgan fingerprint density at radius 3 is 2.86 bits per heavy atom. The summed E-state index contributed by atoms with van der Waals surface area (Å²) in [5.41, 5.74) is 0.258. The number of methoxy groups -OCH3 is 1. The first-order chi connectivity index (χ1) is 10.5. The summed E-state index contributed by atoms with van der Waals surface area (Å²) in [6.45, 7) is 0. The molecule has 0 fully saturated rings. The van der Waals surface area contributed by atoms with E-state index in [1.54, 1.807) is 7.05 Å². The molecule has 10 nitrogen and oxygen atoms in total. The minimum atomic E-state index is -0.587. The normalized spacial score (nSPS) is 10.8. The van der Waals surface area contributed by atoms with Gasteiger partial charge in [0.05, 0.1) is 23.8 Å². The first kappa shape index (κ1) is 13.7. The summed E-state index contributed by atoms with van der Waals surface area (Å²) in [5, 5.41) is 14.8. The number of aromatic nitrogens is 5. The van der Waals surface area contributed by atoms with Crippen LogP contribution in [0.5, 0.6) is 5.88 Å². The predicted molar refractivity (Wildman–Crippen MR) is 75.6 cm³/mol. The van der Waals surface area contributed by atoms with E-state index in [0.717, 1.165) is 6.20 Å². The number of ether oxygens (including phenoxy) is 1. The van der Waals surface area contributed by atoms with E-state index >= 15 is 0 Å². The fraction of sp³-hybridized carbons (Fsp3) is 0.167. The zero-order chi connectivity index (χ0) is 15.9. The summed E-state index contributed by atoms with van der Waals surface area (Å²) in [7, 11) is 2.99. The van der Waals surface area contributed by atoms with E-state index in [2.05, 4.69) is 20.1 Å². The SMILES string of the molecule is COc1ncc([N+](=O)[O-])cc1-c1nc2cnn(C)c2c(=O)[nH]1. The van der Waals surface area contributed by atoms with Gasteiger partial charge in [-0.3, -0.25) is 19.6 Å². The third-order valence-corrected chi connectivity index (χ3v) is 3.09. The van der Waals surface area contributed by atoms with Gasteiger partial charge < -0.3 is 9.72 Å². The minimum absolute atomic E-state index is 0.122. The Hall–Kier alpha value is -3.30. The molecule has 0 saturated heterocycles. The number of pyridine rings is 1. The number of nitro groups is 1. The lowest BCUT2D eigenvalue weighted by Crippen LogP contribution is -2.12. The van der Waals surface area contributed by atoms with Crippen LogP contribution in [0.25, 0.3) is 22.4 Å². The molecule has 0 radical (unpaired) electrons. The van der Waals surface area contributed by atoms with Gasteiger partial charge >= 0.3 is 0 Å². The van der Waals surface area contributed by atoms with Crippen LogP contribution in [0.15, 0.2) is 23.3 Å². The average molecular weight is 302 g/mol. The van der Waals surface area contributed by atoms with Gasteiger partial charge in [-0.2, -0.15) is 5.10 Å². The Bertz CT molecular complexity index is 944. The van der Waals surface area contributed by atoms with Gasteiger partial charge in [-0.25, -0.2) is 9.97 Å². The molecule has 0 amide bonds. The van der Waals surface area contributed by atoms with Gasteiger partial charge in [0.2, 0.25) is 5.88 Å². The number of nitrogens with one attached hydrogen (secondary N) is 1.